The molecule has 1 aromatic carbocycles. The Balaban J connectivity index is 1.69. The Morgan fingerprint density at radius 1 is 1.32 bits per heavy atom. The molecule has 25 heavy (non-hydrogen) atoms. The molecular formula is C20H24N2O3. The van der Waals surface area contributed by atoms with E-state index in [1.807, 2.05) is 43.9 Å². The maximum atomic E-state index is 12.6. The molecule has 3 rings (SSSR count). The number of hydrogen-bond acceptors (Lipinski definition) is 4. The SMILES string of the molecule is CCOc1ccccc1C1=CCN(C(=O)Cc2c(C)noc2C)CC1. The van der Waals surface area contributed by atoms with Gasteiger partial charge in [-0.1, -0.05) is 29.4 Å². The summed E-state index contributed by atoms with van der Waals surface area (Å²) in [5.41, 5.74) is 4.07. The van der Waals surface area contributed by atoms with Gasteiger partial charge in [-0.3, -0.25) is 4.79 Å². The summed E-state index contributed by atoms with van der Waals surface area (Å²) in [6.07, 6.45) is 3.31. The number of carbonyl (C=O) groups excluding carboxylic acids is 1. The van der Waals surface area contributed by atoms with Crippen LogP contribution in [0.2, 0.25) is 0 Å². The number of hydrogen-bond donors (Lipinski definition) is 0. The maximum absolute atomic E-state index is 12.6. The van der Waals surface area contributed by atoms with Crippen LogP contribution in [0.1, 0.15) is 35.9 Å². The molecule has 1 aliphatic rings. The predicted octanol–water partition coefficient (Wildman–Crippen LogP) is 3.55. The van der Waals surface area contributed by atoms with Crippen LogP contribution in [0.25, 0.3) is 5.57 Å². The van der Waals surface area contributed by atoms with Crippen LogP contribution in [-0.2, 0) is 11.2 Å². The topological polar surface area (TPSA) is 55.6 Å². The lowest BCUT2D eigenvalue weighted by Crippen LogP contribution is -2.35. The fourth-order valence-electron chi connectivity index (χ4n) is 3.17. The third-order valence-corrected chi connectivity index (χ3v) is 4.60. The van der Waals surface area contributed by atoms with E-state index in [1.54, 1.807) is 0 Å². The predicted molar refractivity (Wildman–Crippen MR) is 96.5 cm³/mol. The molecule has 2 aromatic rings. The Morgan fingerprint density at radius 3 is 2.76 bits per heavy atom. The number of aryl methyl sites for hydroxylation is 2. The number of nitrogens with zero attached hydrogens (tertiary/aromatic N) is 2. The number of ether oxygens (including phenoxy) is 1. The molecule has 5 heteroatoms. The van der Waals surface area contributed by atoms with E-state index >= 15 is 0 Å². The third kappa shape index (κ3) is 3.76. The molecule has 1 aliphatic heterocycles. The van der Waals surface area contributed by atoms with Crippen molar-refractivity contribution in [3.05, 3.63) is 52.9 Å². The zero-order valence-electron chi connectivity index (χ0n) is 15.0. The van der Waals surface area contributed by atoms with E-state index in [0.717, 1.165) is 34.8 Å². The van der Waals surface area contributed by atoms with Crippen molar-refractivity contribution in [3.63, 3.8) is 0 Å². The van der Waals surface area contributed by atoms with Gasteiger partial charge in [-0.2, -0.15) is 0 Å². The van der Waals surface area contributed by atoms with Gasteiger partial charge in [0.2, 0.25) is 5.91 Å². The summed E-state index contributed by atoms with van der Waals surface area (Å²) in [5.74, 6) is 1.75. The number of carbonyl (C=O) groups is 1. The fourth-order valence-corrected chi connectivity index (χ4v) is 3.17. The number of rotatable bonds is 5. The Bertz CT molecular complexity index is 772. The molecule has 0 unspecified atom stereocenters. The molecule has 1 amide bonds. The number of amides is 1. The summed E-state index contributed by atoms with van der Waals surface area (Å²) in [4.78, 5) is 14.5. The lowest BCUT2D eigenvalue weighted by molar-refractivity contribution is -0.130. The second kappa shape index (κ2) is 7.55. The van der Waals surface area contributed by atoms with E-state index in [9.17, 15) is 4.79 Å². The summed E-state index contributed by atoms with van der Waals surface area (Å²) in [6.45, 7) is 7.69. The highest BCUT2D eigenvalue weighted by Gasteiger charge is 2.22. The van der Waals surface area contributed by atoms with Crippen LogP contribution in [0.5, 0.6) is 5.75 Å². The Labute approximate surface area is 148 Å². The minimum Gasteiger partial charge on any atom is -0.493 e. The van der Waals surface area contributed by atoms with Crippen molar-refractivity contribution in [2.75, 3.05) is 19.7 Å². The largest absolute Gasteiger partial charge is 0.493 e. The number of aromatic nitrogens is 1. The Kier molecular flexibility index (Phi) is 5.22. The number of para-hydroxylation sites is 1. The zero-order valence-corrected chi connectivity index (χ0v) is 15.0. The second-order valence-electron chi connectivity index (χ2n) is 6.23. The van der Waals surface area contributed by atoms with Crippen LogP contribution < -0.4 is 4.74 Å². The molecule has 0 atom stereocenters. The van der Waals surface area contributed by atoms with E-state index in [-0.39, 0.29) is 5.91 Å². The van der Waals surface area contributed by atoms with Crippen molar-refractivity contribution in [2.24, 2.45) is 0 Å². The Morgan fingerprint density at radius 2 is 2.12 bits per heavy atom. The minimum atomic E-state index is 0.114. The summed E-state index contributed by atoms with van der Waals surface area (Å²) in [6, 6.07) is 8.08. The van der Waals surface area contributed by atoms with Gasteiger partial charge in [-0.25, -0.2) is 0 Å². The molecule has 0 aliphatic carbocycles. The van der Waals surface area contributed by atoms with Gasteiger partial charge in [0.15, 0.2) is 0 Å². The summed E-state index contributed by atoms with van der Waals surface area (Å²) < 4.78 is 10.9. The van der Waals surface area contributed by atoms with Crippen LogP contribution in [0.15, 0.2) is 34.9 Å². The normalized spacial score (nSPS) is 14.4. The van der Waals surface area contributed by atoms with Crippen LogP contribution in [0, 0.1) is 13.8 Å². The summed E-state index contributed by atoms with van der Waals surface area (Å²) >= 11 is 0. The van der Waals surface area contributed by atoms with Gasteiger partial charge in [0.1, 0.15) is 11.5 Å². The van der Waals surface area contributed by atoms with Crippen molar-refractivity contribution in [1.82, 2.24) is 10.1 Å². The van der Waals surface area contributed by atoms with Crippen molar-refractivity contribution < 1.29 is 14.1 Å². The Hall–Kier alpha value is -2.56. The van der Waals surface area contributed by atoms with Gasteiger partial charge in [-0.15, -0.1) is 0 Å². The molecule has 132 valence electrons. The van der Waals surface area contributed by atoms with E-state index in [1.165, 1.54) is 5.57 Å². The zero-order chi connectivity index (χ0) is 17.8. The highest BCUT2D eigenvalue weighted by molar-refractivity contribution is 5.81. The summed E-state index contributed by atoms with van der Waals surface area (Å²) in [7, 11) is 0. The van der Waals surface area contributed by atoms with Crippen molar-refractivity contribution in [3.8, 4) is 5.75 Å². The van der Waals surface area contributed by atoms with Gasteiger partial charge in [0, 0.05) is 24.2 Å². The average Bonchev–Trinajstić information content (AvgIpc) is 2.94. The van der Waals surface area contributed by atoms with Gasteiger partial charge in [0.25, 0.3) is 0 Å². The molecule has 5 nitrogen and oxygen atoms in total. The first-order valence-corrected chi connectivity index (χ1v) is 8.71. The maximum Gasteiger partial charge on any atom is 0.227 e. The van der Waals surface area contributed by atoms with Crippen LogP contribution in [-0.4, -0.2) is 35.7 Å². The molecule has 0 radical (unpaired) electrons. The fraction of sp³-hybridized carbons (Fsp3) is 0.400. The summed E-state index contributed by atoms with van der Waals surface area (Å²) in [5, 5.41) is 3.92. The second-order valence-corrected chi connectivity index (χ2v) is 6.23. The van der Waals surface area contributed by atoms with Crippen molar-refractivity contribution in [1.29, 1.82) is 0 Å². The van der Waals surface area contributed by atoms with Crippen LogP contribution in [0.4, 0.5) is 0 Å². The molecule has 0 saturated carbocycles. The van der Waals surface area contributed by atoms with Gasteiger partial charge < -0.3 is 14.2 Å². The third-order valence-electron chi connectivity index (χ3n) is 4.60. The molecule has 2 heterocycles. The molecular weight excluding hydrogens is 316 g/mol. The van der Waals surface area contributed by atoms with Gasteiger partial charge >= 0.3 is 0 Å². The van der Waals surface area contributed by atoms with Gasteiger partial charge in [0.05, 0.1) is 18.7 Å². The first-order valence-electron chi connectivity index (χ1n) is 8.71. The minimum absolute atomic E-state index is 0.114. The van der Waals surface area contributed by atoms with Crippen molar-refractivity contribution in [2.45, 2.75) is 33.6 Å². The van der Waals surface area contributed by atoms with E-state index in [0.29, 0.717) is 26.1 Å². The van der Waals surface area contributed by atoms with Crippen LogP contribution >= 0.6 is 0 Å². The highest BCUT2D eigenvalue weighted by atomic mass is 16.5. The standard InChI is InChI=1S/C20H24N2O3/c1-4-24-19-8-6-5-7-17(19)16-9-11-22(12-10-16)20(23)13-18-14(2)21-25-15(18)3/h5-9H,4,10-13H2,1-3H3. The highest BCUT2D eigenvalue weighted by Crippen LogP contribution is 2.30. The lowest BCUT2D eigenvalue weighted by atomic mass is 9.98. The van der Waals surface area contributed by atoms with Crippen LogP contribution in [0.3, 0.4) is 0 Å². The van der Waals surface area contributed by atoms with E-state index in [2.05, 4.69) is 17.3 Å². The quantitative estimate of drug-likeness (QED) is 0.835. The first kappa shape index (κ1) is 17.3. The molecule has 1 aromatic heterocycles. The smallest absolute Gasteiger partial charge is 0.227 e. The molecule has 0 bridgehead atoms. The molecule has 0 fully saturated rings. The van der Waals surface area contributed by atoms with Gasteiger partial charge in [-0.05, 0) is 38.8 Å². The molecule has 0 saturated heterocycles. The average molecular weight is 340 g/mol. The lowest BCUT2D eigenvalue weighted by Gasteiger charge is -2.27. The first-order chi connectivity index (χ1) is 12.1. The number of benzene rings is 1. The van der Waals surface area contributed by atoms with E-state index < -0.39 is 0 Å². The van der Waals surface area contributed by atoms with E-state index in [4.69, 9.17) is 9.26 Å². The monoisotopic (exact) mass is 340 g/mol. The molecule has 0 spiro atoms. The molecule has 0 N–H and O–H groups in total. The van der Waals surface area contributed by atoms with Crippen molar-refractivity contribution >= 4 is 11.5 Å².